The molecule has 0 bridgehead atoms. The molecule has 0 saturated heterocycles. The highest BCUT2D eigenvalue weighted by atomic mass is 35.6. The summed E-state index contributed by atoms with van der Waals surface area (Å²) >= 11 is 29.1. The number of alkyl halides is 3. The number of nitrogens with one attached hydrogen (secondary N) is 2. The topological polar surface area (TPSA) is 41.1 Å². The molecule has 0 unspecified atom stereocenters. The van der Waals surface area contributed by atoms with Crippen molar-refractivity contribution in [3.05, 3.63) is 58.1 Å². The molecule has 2 rings (SSSR count). The molecule has 0 saturated carbocycles. The standard InChI is InChI=1S/C14H9Cl5N2O/c15-9-3-6-11(16)12(7-9)21-13(22)20-10-4-1-8(2-5-10)14(17,18)19/h1-7H,(H2,20,21,22). The summed E-state index contributed by atoms with van der Waals surface area (Å²) < 4.78 is -1.50. The highest BCUT2D eigenvalue weighted by molar-refractivity contribution is 6.66. The highest BCUT2D eigenvalue weighted by Crippen LogP contribution is 2.38. The Morgan fingerprint density at radius 2 is 1.55 bits per heavy atom. The average molecular weight is 399 g/mol. The number of anilines is 2. The summed E-state index contributed by atoms with van der Waals surface area (Å²) in [6.45, 7) is 0. The van der Waals surface area contributed by atoms with Crippen molar-refractivity contribution in [3.63, 3.8) is 0 Å². The van der Waals surface area contributed by atoms with Crippen molar-refractivity contribution in [1.29, 1.82) is 0 Å². The molecule has 0 radical (unpaired) electrons. The molecule has 0 aromatic heterocycles. The van der Waals surface area contributed by atoms with E-state index in [1.807, 2.05) is 0 Å². The summed E-state index contributed by atoms with van der Waals surface area (Å²) in [5, 5.41) is 6.08. The zero-order chi connectivity index (χ0) is 16.3. The fourth-order valence-electron chi connectivity index (χ4n) is 1.62. The van der Waals surface area contributed by atoms with E-state index in [4.69, 9.17) is 58.0 Å². The van der Waals surface area contributed by atoms with Gasteiger partial charge in [0.2, 0.25) is 3.79 Å². The number of halogens is 5. The first-order chi connectivity index (χ1) is 10.3. The van der Waals surface area contributed by atoms with Gasteiger partial charge in [-0.2, -0.15) is 0 Å². The lowest BCUT2D eigenvalue weighted by Gasteiger charge is -2.13. The molecule has 0 aliphatic heterocycles. The van der Waals surface area contributed by atoms with Crippen LogP contribution in [0.1, 0.15) is 5.56 Å². The zero-order valence-corrected chi connectivity index (χ0v) is 14.6. The van der Waals surface area contributed by atoms with Crippen molar-refractivity contribution in [2.45, 2.75) is 3.79 Å². The maximum Gasteiger partial charge on any atom is 0.323 e. The number of benzene rings is 2. The van der Waals surface area contributed by atoms with Gasteiger partial charge in [0.25, 0.3) is 0 Å². The van der Waals surface area contributed by atoms with Crippen molar-refractivity contribution in [2.75, 3.05) is 10.6 Å². The number of rotatable bonds is 2. The molecule has 0 aliphatic rings. The Morgan fingerprint density at radius 3 is 2.14 bits per heavy atom. The van der Waals surface area contributed by atoms with E-state index < -0.39 is 9.82 Å². The van der Waals surface area contributed by atoms with Crippen molar-refractivity contribution >= 4 is 75.4 Å². The highest BCUT2D eigenvalue weighted by Gasteiger charge is 2.22. The quantitative estimate of drug-likeness (QED) is 0.560. The van der Waals surface area contributed by atoms with Crippen LogP contribution in [-0.4, -0.2) is 6.03 Å². The molecule has 0 spiro atoms. The number of carbonyl (C=O) groups is 1. The van der Waals surface area contributed by atoms with Gasteiger partial charge in [-0.3, -0.25) is 0 Å². The normalized spacial score (nSPS) is 11.1. The van der Waals surface area contributed by atoms with Gasteiger partial charge in [-0.1, -0.05) is 70.1 Å². The van der Waals surface area contributed by atoms with Crippen molar-refractivity contribution in [3.8, 4) is 0 Å². The Hall–Kier alpha value is -0.840. The molecule has 8 heteroatoms. The number of amides is 2. The molecule has 116 valence electrons. The predicted octanol–water partition coefficient (Wildman–Crippen LogP) is 6.46. The van der Waals surface area contributed by atoms with Crippen molar-refractivity contribution in [2.24, 2.45) is 0 Å². The average Bonchev–Trinajstić information content (AvgIpc) is 2.42. The second-order valence-corrected chi connectivity index (χ2v) is 7.40. The minimum Gasteiger partial charge on any atom is -0.308 e. The molecule has 2 aromatic rings. The van der Waals surface area contributed by atoms with E-state index in [-0.39, 0.29) is 0 Å². The lowest BCUT2D eigenvalue weighted by Crippen LogP contribution is -2.19. The molecular weight excluding hydrogens is 389 g/mol. The lowest BCUT2D eigenvalue weighted by molar-refractivity contribution is 0.262. The lowest BCUT2D eigenvalue weighted by atomic mass is 10.2. The van der Waals surface area contributed by atoms with Gasteiger partial charge in [-0.15, -0.1) is 0 Å². The van der Waals surface area contributed by atoms with Crippen LogP contribution >= 0.6 is 58.0 Å². The monoisotopic (exact) mass is 396 g/mol. The Kier molecular flexibility index (Phi) is 5.70. The van der Waals surface area contributed by atoms with Gasteiger partial charge in [0.15, 0.2) is 0 Å². The molecule has 0 heterocycles. The number of hydrogen-bond donors (Lipinski definition) is 2. The van der Waals surface area contributed by atoms with Crippen LogP contribution in [0.3, 0.4) is 0 Å². The second-order valence-electron chi connectivity index (χ2n) is 4.28. The zero-order valence-electron chi connectivity index (χ0n) is 10.8. The maximum atomic E-state index is 11.9. The summed E-state index contributed by atoms with van der Waals surface area (Å²) in [7, 11) is 0. The van der Waals surface area contributed by atoms with Crippen molar-refractivity contribution in [1.82, 2.24) is 0 Å². The van der Waals surface area contributed by atoms with Crippen LogP contribution in [0.15, 0.2) is 42.5 Å². The third-order valence-electron chi connectivity index (χ3n) is 2.65. The van der Waals surface area contributed by atoms with E-state index in [9.17, 15) is 4.79 Å². The molecule has 22 heavy (non-hydrogen) atoms. The minimum absolute atomic E-state index is 0.381. The molecule has 2 amide bonds. The largest absolute Gasteiger partial charge is 0.323 e. The Labute approximate surface area is 152 Å². The van der Waals surface area contributed by atoms with E-state index in [2.05, 4.69) is 10.6 Å². The smallest absolute Gasteiger partial charge is 0.308 e. The van der Waals surface area contributed by atoms with Gasteiger partial charge in [-0.05, 0) is 30.3 Å². The van der Waals surface area contributed by atoms with Gasteiger partial charge in [0.05, 0.1) is 10.7 Å². The van der Waals surface area contributed by atoms with Crippen LogP contribution in [0.25, 0.3) is 0 Å². The van der Waals surface area contributed by atoms with E-state index in [1.165, 1.54) is 0 Å². The van der Waals surface area contributed by atoms with E-state index >= 15 is 0 Å². The van der Waals surface area contributed by atoms with Crippen LogP contribution in [-0.2, 0) is 3.79 Å². The predicted molar refractivity (Wildman–Crippen MR) is 94.8 cm³/mol. The third-order valence-corrected chi connectivity index (χ3v) is 3.87. The Bertz CT molecular complexity index is 683. The van der Waals surface area contributed by atoms with Crippen LogP contribution < -0.4 is 10.6 Å². The number of urea groups is 1. The summed E-state index contributed by atoms with van der Waals surface area (Å²) in [5.74, 6) is 0. The Balaban J connectivity index is 2.04. The maximum absolute atomic E-state index is 11.9. The number of hydrogen-bond acceptors (Lipinski definition) is 1. The van der Waals surface area contributed by atoms with Gasteiger partial charge in [0, 0.05) is 16.3 Å². The third kappa shape index (κ3) is 4.83. The van der Waals surface area contributed by atoms with E-state index in [0.29, 0.717) is 27.0 Å². The fraction of sp³-hybridized carbons (Fsp3) is 0.0714. The fourth-order valence-corrected chi connectivity index (χ4v) is 2.34. The molecule has 0 aliphatic carbocycles. The Morgan fingerprint density at radius 1 is 0.909 bits per heavy atom. The van der Waals surface area contributed by atoms with Gasteiger partial charge in [0.1, 0.15) is 0 Å². The first-order valence-electron chi connectivity index (χ1n) is 5.96. The van der Waals surface area contributed by atoms with Gasteiger partial charge < -0.3 is 10.6 Å². The molecular formula is C14H9Cl5N2O. The van der Waals surface area contributed by atoms with Gasteiger partial charge in [-0.25, -0.2) is 4.79 Å². The first-order valence-corrected chi connectivity index (χ1v) is 7.85. The minimum atomic E-state index is -1.50. The van der Waals surface area contributed by atoms with Crippen molar-refractivity contribution < 1.29 is 4.79 Å². The van der Waals surface area contributed by atoms with Gasteiger partial charge >= 0.3 is 6.03 Å². The summed E-state index contributed by atoms with van der Waals surface area (Å²) in [6, 6.07) is 10.8. The molecule has 0 fully saturated rings. The number of carbonyl (C=O) groups excluding carboxylic acids is 1. The van der Waals surface area contributed by atoms with Crippen LogP contribution in [0.5, 0.6) is 0 Å². The molecule has 3 nitrogen and oxygen atoms in total. The summed E-state index contributed by atoms with van der Waals surface area (Å²) in [6.07, 6.45) is 0. The first kappa shape index (κ1) is 17.5. The molecule has 2 N–H and O–H groups in total. The summed E-state index contributed by atoms with van der Waals surface area (Å²) in [4.78, 5) is 11.9. The van der Waals surface area contributed by atoms with Crippen LogP contribution in [0.2, 0.25) is 10.0 Å². The van der Waals surface area contributed by atoms with Crippen LogP contribution in [0, 0.1) is 0 Å². The van der Waals surface area contributed by atoms with Crippen LogP contribution in [0.4, 0.5) is 16.2 Å². The molecule has 0 atom stereocenters. The van der Waals surface area contributed by atoms with E-state index in [0.717, 1.165) is 0 Å². The SMILES string of the molecule is O=C(Nc1ccc(C(Cl)(Cl)Cl)cc1)Nc1cc(Cl)ccc1Cl. The molecule has 2 aromatic carbocycles. The van der Waals surface area contributed by atoms with E-state index in [1.54, 1.807) is 42.5 Å². The summed E-state index contributed by atoms with van der Waals surface area (Å²) in [5.41, 5.74) is 1.44. The second kappa shape index (κ2) is 7.16.